The minimum atomic E-state index is -0.288. The first kappa shape index (κ1) is 20.6. The van der Waals surface area contributed by atoms with E-state index in [2.05, 4.69) is 10.00 Å². The quantitative estimate of drug-likeness (QED) is 0.622. The highest BCUT2D eigenvalue weighted by molar-refractivity contribution is 6.30. The van der Waals surface area contributed by atoms with Gasteiger partial charge in [0.1, 0.15) is 11.0 Å². The van der Waals surface area contributed by atoms with E-state index in [0.717, 1.165) is 35.6 Å². The first-order valence-electron chi connectivity index (χ1n) is 10.1. The van der Waals surface area contributed by atoms with Crippen molar-refractivity contribution in [1.82, 2.24) is 19.6 Å². The number of nitrogens with zero attached hydrogens (tertiary/aromatic N) is 4. The smallest absolute Gasteiger partial charge is 0.227 e. The van der Waals surface area contributed by atoms with Crippen LogP contribution in [0.25, 0.3) is 5.69 Å². The number of carbonyl (C=O) groups excluding carboxylic acids is 1. The van der Waals surface area contributed by atoms with Crippen LogP contribution in [0, 0.1) is 12.7 Å². The van der Waals surface area contributed by atoms with Crippen molar-refractivity contribution < 1.29 is 9.18 Å². The van der Waals surface area contributed by atoms with Gasteiger partial charge in [0, 0.05) is 38.3 Å². The Kier molecular flexibility index (Phi) is 6.16. The molecule has 2 heterocycles. The Labute approximate surface area is 180 Å². The summed E-state index contributed by atoms with van der Waals surface area (Å²) < 4.78 is 14.8. The fraction of sp³-hybridized carbons (Fsp3) is 0.304. The average molecular weight is 427 g/mol. The monoisotopic (exact) mass is 426 g/mol. The van der Waals surface area contributed by atoms with Crippen molar-refractivity contribution in [3.05, 3.63) is 82.4 Å². The minimum Gasteiger partial charge on any atom is -0.340 e. The number of aryl methyl sites for hydroxylation is 1. The highest BCUT2D eigenvalue weighted by Gasteiger charge is 2.24. The lowest BCUT2D eigenvalue weighted by atomic mass is 10.1. The Morgan fingerprint density at radius 1 is 1.03 bits per heavy atom. The molecule has 1 saturated heterocycles. The number of aromatic nitrogens is 2. The Bertz CT molecular complexity index is 1010. The van der Waals surface area contributed by atoms with Crippen molar-refractivity contribution in [3.8, 4) is 5.69 Å². The van der Waals surface area contributed by atoms with Gasteiger partial charge in [0.15, 0.2) is 0 Å². The van der Waals surface area contributed by atoms with E-state index in [4.69, 9.17) is 11.6 Å². The van der Waals surface area contributed by atoms with Crippen LogP contribution in [0.2, 0.25) is 5.15 Å². The summed E-state index contributed by atoms with van der Waals surface area (Å²) in [5, 5.41) is 5.24. The number of piperazine rings is 1. The van der Waals surface area contributed by atoms with E-state index in [1.54, 1.807) is 16.8 Å². The van der Waals surface area contributed by atoms with Gasteiger partial charge in [0.25, 0.3) is 0 Å². The van der Waals surface area contributed by atoms with Gasteiger partial charge in [0.05, 0.1) is 17.8 Å². The Hall–Kier alpha value is -2.70. The highest BCUT2D eigenvalue weighted by Crippen LogP contribution is 2.25. The summed E-state index contributed by atoms with van der Waals surface area (Å²) in [5.74, 6) is -0.211. The van der Waals surface area contributed by atoms with Crippen LogP contribution in [0.15, 0.2) is 54.6 Å². The average Bonchev–Trinajstić information content (AvgIpc) is 3.05. The molecule has 5 nitrogen and oxygen atoms in total. The summed E-state index contributed by atoms with van der Waals surface area (Å²) in [4.78, 5) is 16.7. The molecule has 0 unspecified atom stereocenters. The Morgan fingerprint density at radius 2 is 1.70 bits per heavy atom. The lowest BCUT2D eigenvalue weighted by Gasteiger charge is -2.34. The van der Waals surface area contributed by atoms with Crippen LogP contribution in [0.5, 0.6) is 0 Å². The number of halogens is 2. The van der Waals surface area contributed by atoms with Gasteiger partial charge in [0.2, 0.25) is 5.91 Å². The van der Waals surface area contributed by atoms with Gasteiger partial charge in [-0.25, -0.2) is 9.07 Å². The Morgan fingerprint density at radius 3 is 2.37 bits per heavy atom. The van der Waals surface area contributed by atoms with Crippen LogP contribution >= 0.6 is 11.6 Å². The summed E-state index contributed by atoms with van der Waals surface area (Å²) in [5.41, 5.74) is 3.71. The summed E-state index contributed by atoms with van der Waals surface area (Å²) in [6.45, 7) is 5.58. The first-order valence-corrected chi connectivity index (χ1v) is 10.4. The molecule has 1 aromatic heterocycles. The van der Waals surface area contributed by atoms with E-state index >= 15 is 0 Å². The molecule has 0 atom stereocenters. The molecule has 0 aliphatic carbocycles. The van der Waals surface area contributed by atoms with Gasteiger partial charge in [-0.15, -0.1) is 0 Å². The van der Waals surface area contributed by atoms with Crippen LogP contribution in [0.1, 0.15) is 16.8 Å². The number of amides is 1. The standard InChI is InChI=1S/C23H24ClFN4O/c1-17-21(23(24)29(26-17)20-5-3-2-4-6-20)16-27-11-13-28(14-12-27)22(30)15-18-7-9-19(25)10-8-18/h2-10H,11-16H2,1H3. The van der Waals surface area contributed by atoms with Crippen molar-refractivity contribution in [2.45, 2.75) is 19.9 Å². The van der Waals surface area contributed by atoms with Crippen LogP contribution < -0.4 is 0 Å². The molecule has 1 fully saturated rings. The zero-order valence-corrected chi connectivity index (χ0v) is 17.6. The van der Waals surface area contributed by atoms with Gasteiger partial charge in [-0.2, -0.15) is 5.10 Å². The van der Waals surface area contributed by atoms with Crippen LogP contribution in [0.4, 0.5) is 4.39 Å². The molecule has 4 rings (SSSR count). The number of benzene rings is 2. The van der Waals surface area contributed by atoms with E-state index in [-0.39, 0.29) is 11.7 Å². The maximum Gasteiger partial charge on any atom is 0.227 e. The molecule has 0 radical (unpaired) electrons. The van der Waals surface area contributed by atoms with Crippen molar-refractivity contribution in [2.24, 2.45) is 0 Å². The lowest BCUT2D eigenvalue weighted by molar-refractivity contribution is -0.132. The summed E-state index contributed by atoms with van der Waals surface area (Å²) >= 11 is 6.65. The van der Waals surface area contributed by atoms with Crippen LogP contribution in [0.3, 0.4) is 0 Å². The van der Waals surface area contributed by atoms with Gasteiger partial charge in [-0.05, 0) is 36.8 Å². The van der Waals surface area contributed by atoms with Crippen LogP contribution in [-0.2, 0) is 17.8 Å². The third kappa shape index (κ3) is 4.55. The zero-order valence-electron chi connectivity index (χ0n) is 16.9. The second-order valence-electron chi connectivity index (χ2n) is 7.56. The molecule has 0 spiro atoms. The van der Waals surface area contributed by atoms with Crippen molar-refractivity contribution in [3.63, 3.8) is 0 Å². The number of rotatable bonds is 5. The lowest BCUT2D eigenvalue weighted by Crippen LogP contribution is -2.48. The van der Waals surface area contributed by atoms with Gasteiger partial charge >= 0.3 is 0 Å². The summed E-state index contributed by atoms with van der Waals surface area (Å²) in [7, 11) is 0. The molecule has 0 saturated carbocycles. The molecule has 1 aliphatic heterocycles. The molecular weight excluding hydrogens is 403 g/mol. The predicted octanol–water partition coefficient (Wildman–Crippen LogP) is 3.86. The zero-order chi connectivity index (χ0) is 21.1. The summed E-state index contributed by atoms with van der Waals surface area (Å²) in [6, 6.07) is 16.0. The van der Waals surface area contributed by atoms with Crippen molar-refractivity contribution in [1.29, 1.82) is 0 Å². The van der Waals surface area contributed by atoms with E-state index < -0.39 is 0 Å². The topological polar surface area (TPSA) is 41.4 Å². The maximum atomic E-state index is 13.0. The molecule has 1 aliphatic rings. The fourth-order valence-electron chi connectivity index (χ4n) is 3.72. The van der Waals surface area contributed by atoms with Crippen molar-refractivity contribution >= 4 is 17.5 Å². The highest BCUT2D eigenvalue weighted by atomic mass is 35.5. The largest absolute Gasteiger partial charge is 0.340 e. The van der Waals surface area contributed by atoms with Crippen LogP contribution in [-0.4, -0.2) is 51.7 Å². The third-order valence-corrected chi connectivity index (χ3v) is 5.89. The molecule has 0 bridgehead atoms. The number of carbonyl (C=O) groups is 1. The third-order valence-electron chi connectivity index (χ3n) is 5.50. The number of hydrogen-bond donors (Lipinski definition) is 0. The molecule has 156 valence electrons. The molecule has 7 heteroatoms. The predicted molar refractivity (Wildman–Crippen MR) is 115 cm³/mol. The minimum absolute atomic E-state index is 0.0763. The molecule has 1 amide bonds. The van der Waals surface area contributed by atoms with E-state index in [1.165, 1.54) is 12.1 Å². The van der Waals surface area contributed by atoms with E-state index in [1.807, 2.05) is 42.2 Å². The van der Waals surface area contributed by atoms with Crippen molar-refractivity contribution in [2.75, 3.05) is 26.2 Å². The fourth-order valence-corrected chi connectivity index (χ4v) is 4.05. The number of hydrogen-bond acceptors (Lipinski definition) is 3. The SMILES string of the molecule is Cc1nn(-c2ccccc2)c(Cl)c1CN1CCN(C(=O)Cc2ccc(F)cc2)CC1. The van der Waals surface area contributed by atoms with E-state index in [0.29, 0.717) is 31.2 Å². The van der Waals surface area contributed by atoms with Gasteiger partial charge in [-0.1, -0.05) is 41.9 Å². The molecular formula is C23H24ClFN4O. The maximum absolute atomic E-state index is 13.0. The second kappa shape index (κ2) is 8.98. The second-order valence-corrected chi connectivity index (χ2v) is 7.92. The molecule has 3 aromatic rings. The molecule has 0 N–H and O–H groups in total. The summed E-state index contributed by atoms with van der Waals surface area (Å²) in [6.07, 6.45) is 0.301. The van der Waals surface area contributed by atoms with Gasteiger partial charge in [-0.3, -0.25) is 9.69 Å². The molecule has 2 aromatic carbocycles. The number of para-hydroxylation sites is 1. The Balaban J connectivity index is 1.35. The van der Waals surface area contributed by atoms with E-state index in [9.17, 15) is 9.18 Å². The molecule has 30 heavy (non-hydrogen) atoms. The van der Waals surface area contributed by atoms with Gasteiger partial charge < -0.3 is 4.90 Å². The first-order chi connectivity index (χ1) is 14.5. The normalized spacial score (nSPS) is 14.8.